The van der Waals surface area contributed by atoms with Crippen LogP contribution in [-0.2, 0) is 24.3 Å². The second kappa shape index (κ2) is 7.28. The van der Waals surface area contributed by atoms with Crippen molar-refractivity contribution in [2.75, 3.05) is 0 Å². The van der Waals surface area contributed by atoms with E-state index in [0.717, 1.165) is 26.1 Å². The van der Waals surface area contributed by atoms with E-state index in [9.17, 15) is 9.59 Å². The average Bonchev–Trinajstić information content (AvgIpc) is 3.24. The van der Waals surface area contributed by atoms with Gasteiger partial charge in [0.15, 0.2) is 0 Å². The van der Waals surface area contributed by atoms with E-state index < -0.39 is 0 Å². The molecular weight excluding hydrogens is 428 g/mol. The van der Waals surface area contributed by atoms with Crippen molar-refractivity contribution in [3.05, 3.63) is 68.0 Å². The van der Waals surface area contributed by atoms with E-state index in [1.165, 1.54) is 4.68 Å². The SMILES string of the molecule is CCc1nn(CC(=O)NCc2cccc(Br)c2)c(=O)c2cc3sccc3n12. The number of aryl methyl sites for hydroxylation is 1. The van der Waals surface area contributed by atoms with Crippen molar-refractivity contribution in [1.82, 2.24) is 19.5 Å². The van der Waals surface area contributed by atoms with Crippen LogP contribution in [0.25, 0.3) is 15.7 Å². The van der Waals surface area contributed by atoms with Crippen molar-refractivity contribution in [3.8, 4) is 0 Å². The Hall–Kier alpha value is -2.45. The summed E-state index contributed by atoms with van der Waals surface area (Å²) in [5.41, 5.74) is 2.27. The highest BCUT2D eigenvalue weighted by molar-refractivity contribution is 9.10. The van der Waals surface area contributed by atoms with Crippen molar-refractivity contribution in [1.29, 1.82) is 0 Å². The molecule has 8 heteroatoms. The summed E-state index contributed by atoms with van der Waals surface area (Å²) in [4.78, 5) is 25.2. The zero-order valence-corrected chi connectivity index (χ0v) is 17.0. The van der Waals surface area contributed by atoms with Gasteiger partial charge in [0.2, 0.25) is 5.91 Å². The lowest BCUT2D eigenvalue weighted by atomic mass is 10.2. The van der Waals surface area contributed by atoms with Gasteiger partial charge in [-0.15, -0.1) is 11.3 Å². The standard InChI is InChI=1S/C19H17BrN4O2S/c1-2-17-22-23(11-18(25)21-10-12-4-3-5-13(20)8-12)19(26)15-9-16-14(24(15)17)6-7-27-16/h3-9H,2,10-11H2,1H3,(H,21,25). The molecular formula is C19H17BrN4O2S. The molecule has 1 N–H and O–H groups in total. The Morgan fingerprint density at radius 1 is 1.26 bits per heavy atom. The van der Waals surface area contributed by atoms with Crippen LogP contribution in [0.3, 0.4) is 0 Å². The minimum absolute atomic E-state index is 0.102. The van der Waals surface area contributed by atoms with Crippen LogP contribution in [0.15, 0.2) is 51.0 Å². The number of aromatic nitrogens is 3. The summed E-state index contributed by atoms with van der Waals surface area (Å²) in [6.45, 7) is 2.29. The number of rotatable bonds is 5. The zero-order valence-electron chi connectivity index (χ0n) is 14.6. The van der Waals surface area contributed by atoms with E-state index in [0.29, 0.717) is 18.5 Å². The average molecular weight is 445 g/mol. The predicted molar refractivity (Wildman–Crippen MR) is 110 cm³/mol. The Kier molecular flexibility index (Phi) is 4.84. The first-order chi connectivity index (χ1) is 13.1. The minimum Gasteiger partial charge on any atom is -0.350 e. The Bertz CT molecular complexity index is 1210. The van der Waals surface area contributed by atoms with Crippen molar-refractivity contribution < 1.29 is 4.79 Å². The van der Waals surface area contributed by atoms with Gasteiger partial charge in [-0.2, -0.15) is 5.10 Å². The molecule has 0 saturated heterocycles. The van der Waals surface area contributed by atoms with Gasteiger partial charge < -0.3 is 5.32 Å². The first-order valence-electron chi connectivity index (χ1n) is 8.56. The van der Waals surface area contributed by atoms with Crippen LogP contribution < -0.4 is 10.9 Å². The molecule has 138 valence electrons. The molecule has 3 aromatic heterocycles. The van der Waals surface area contributed by atoms with Crippen molar-refractivity contribution >= 4 is 48.9 Å². The van der Waals surface area contributed by atoms with E-state index in [2.05, 4.69) is 26.3 Å². The molecule has 4 aromatic rings. The van der Waals surface area contributed by atoms with Crippen LogP contribution in [0.5, 0.6) is 0 Å². The molecule has 1 amide bonds. The van der Waals surface area contributed by atoms with Crippen molar-refractivity contribution in [2.24, 2.45) is 0 Å². The van der Waals surface area contributed by atoms with Gasteiger partial charge in [0.1, 0.15) is 17.9 Å². The number of amides is 1. The number of fused-ring (bicyclic) bond motifs is 3. The van der Waals surface area contributed by atoms with Crippen molar-refractivity contribution in [2.45, 2.75) is 26.4 Å². The van der Waals surface area contributed by atoms with Gasteiger partial charge in [-0.05, 0) is 35.2 Å². The second-order valence-electron chi connectivity index (χ2n) is 6.17. The highest BCUT2D eigenvalue weighted by Crippen LogP contribution is 2.24. The number of halogens is 1. The molecule has 0 aliphatic carbocycles. The van der Waals surface area contributed by atoms with Crippen LogP contribution >= 0.6 is 27.3 Å². The maximum atomic E-state index is 12.8. The highest BCUT2D eigenvalue weighted by Gasteiger charge is 2.15. The number of nitrogens with one attached hydrogen (secondary N) is 1. The molecule has 0 atom stereocenters. The largest absolute Gasteiger partial charge is 0.350 e. The van der Waals surface area contributed by atoms with Crippen LogP contribution in [0.4, 0.5) is 0 Å². The molecule has 0 aliphatic rings. The molecule has 0 aliphatic heterocycles. The van der Waals surface area contributed by atoms with E-state index >= 15 is 0 Å². The zero-order chi connectivity index (χ0) is 19.0. The molecule has 0 unspecified atom stereocenters. The molecule has 3 heterocycles. The highest BCUT2D eigenvalue weighted by atomic mass is 79.9. The van der Waals surface area contributed by atoms with Gasteiger partial charge in [-0.1, -0.05) is 35.0 Å². The van der Waals surface area contributed by atoms with E-state index in [1.54, 1.807) is 11.3 Å². The first-order valence-corrected chi connectivity index (χ1v) is 10.2. The summed E-state index contributed by atoms with van der Waals surface area (Å²) < 4.78 is 5.15. The van der Waals surface area contributed by atoms with Crippen LogP contribution in [-0.4, -0.2) is 20.1 Å². The topological polar surface area (TPSA) is 68.4 Å². The number of hydrogen-bond acceptors (Lipinski definition) is 4. The lowest BCUT2D eigenvalue weighted by molar-refractivity contribution is -0.122. The summed E-state index contributed by atoms with van der Waals surface area (Å²) >= 11 is 5.00. The molecule has 0 fully saturated rings. The monoisotopic (exact) mass is 444 g/mol. The van der Waals surface area contributed by atoms with E-state index in [-0.39, 0.29) is 18.0 Å². The third-order valence-electron chi connectivity index (χ3n) is 4.36. The van der Waals surface area contributed by atoms with Gasteiger partial charge in [-0.25, -0.2) is 4.68 Å². The summed E-state index contributed by atoms with van der Waals surface area (Å²) in [5, 5.41) is 9.28. The van der Waals surface area contributed by atoms with Crippen LogP contribution in [0.1, 0.15) is 18.3 Å². The van der Waals surface area contributed by atoms with E-state index in [1.807, 2.05) is 53.1 Å². The molecule has 0 bridgehead atoms. The third-order valence-corrected chi connectivity index (χ3v) is 5.71. The fraction of sp³-hybridized carbons (Fsp3) is 0.211. The summed E-state index contributed by atoms with van der Waals surface area (Å²) in [5.74, 6) is 0.516. The molecule has 0 saturated carbocycles. The Morgan fingerprint density at radius 2 is 2.11 bits per heavy atom. The minimum atomic E-state index is -0.256. The molecule has 27 heavy (non-hydrogen) atoms. The number of carbonyl (C=O) groups is 1. The quantitative estimate of drug-likeness (QED) is 0.513. The lowest BCUT2D eigenvalue weighted by Gasteiger charge is -2.10. The Morgan fingerprint density at radius 3 is 2.89 bits per heavy atom. The maximum absolute atomic E-state index is 12.8. The molecule has 0 radical (unpaired) electrons. The number of nitrogens with zero attached hydrogens (tertiary/aromatic N) is 3. The van der Waals surface area contributed by atoms with Gasteiger partial charge in [0.05, 0.1) is 10.2 Å². The molecule has 1 aromatic carbocycles. The summed E-state index contributed by atoms with van der Waals surface area (Å²) in [6.07, 6.45) is 0.663. The fourth-order valence-corrected chi connectivity index (χ4v) is 4.35. The van der Waals surface area contributed by atoms with Crippen molar-refractivity contribution in [3.63, 3.8) is 0 Å². The summed E-state index contributed by atoms with van der Waals surface area (Å²) in [6, 6.07) is 11.6. The first kappa shape index (κ1) is 17.9. The van der Waals surface area contributed by atoms with E-state index in [4.69, 9.17) is 0 Å². The number of benzene rings is 1. The number of carbonyl (C=O) groups excluding carboxylic acids is 1. The normalized spacial score (nSPS) is 11.3. The summed E-state index contributed by atoms with van der Waals surface area (Å²) in [7, 11) is 0. The smallest absolute Gasteiger partial charge is 0.291 e. The molecule has 4 rings (SSSR count). The Balaban J connectivity index is 1.60. The van der Waals surface area contributed by atoms with Crippen LogP contribution in [0.2, 0.25) is 0 Å². The third kappa shape index (κ3) is 3.42. The Labute approximate surface area is 167 Å². The molecule has 6 nitrogen and oxygen atoms in total. The predicted octanol–water partition coefficient (Wildman–Crippen LogP) is 3.35. The fourth-order valence-electron chi connectivity index (χ4n) is 3.10. The number of hydrogen-bond donors (Lipinski definition) is 1. The van der Waals surface area contributed by atoms with Gasteiger partial charge in [-0.3, -0.25) is 14.0 Å². The van der Waals surface area contributed by atoms with Crippen LogP contribution in [0, 0.1) is 0 Å². The number of thiophene rings is 1. The molecule has 0 spiro atoms. The van der Waals surface area contributed by atoms with Gasteiger partial charge in [0.25, 0.3) is 5.56 Å². The second-order valence-corrected chi connectivity index (χ2v) is 8.04. The van der Waals surface area contributed by atoms with Gasteiger partial charge in [0, 0.05) is 17.4 Å². The maximum Gasteiger partial charge on any atom is 0.291 e. The van der Waals surface area contributed by atoms with Gasteiger partial charge >= 0.3 is 0 Å². The lowest BCUT2D eigenvalue weighted by Crippen LogP contribution is -2.35.